The molecule has 98 valence electrons. The van der Waals surface area contributed by atoms with Gasteiger partial charge in [-0.15, -0.1) is 0 Å². The van der Waals surface area contributed by atoms with E-state index >= 15 is 0 Å². The number of hydrogen-bond acceptors (Lipinski definition) is 4. The lowest BCUT2D eigenvalue weighted by Gasteiger charge is -2.08. The van der Waals surface area contributed by atoms with Crippen LogP contribution in [-0.2, 0) is 0 Å². The van der Waals surface area contributed by atoms with E-state index in [4.69, 9.17) is 4.74 Å². The van der Waals surface area contributed by atoms with Crippen molar-refractivity contribution in [1.82, 2.24) is 9.97 Å². The molecule has 0 aliphatic carbocycles. The van der Waals surface area contributed by atoms with Crippen molar-refractivity contribution in [3.8, 4) is 11.6 Å². The number of rotatable bonds is 5. The van der Waals surface area contributed by atoms with E-state index in [0.29, 0.717) is 11.8 Å². The van der Waals surface area contributed by atoms with E-state index in [-0.39, 0.29) is 0 Å². The summed E-state index contributed by atoms with van der Waals surface area (Å²) in [6.07, 6.45) is 5.66. The predicted octanol–water partition coefficient (Wildman–Crippen LogP) is 3.73. The highest BCUT2D eigenvalue weighted by molar-refractivity contribution is 5.57. The van der Waals surface area contributed by atoms with Crippen molar-refractivity contribution in [2.24, 2.45) is 0 Å². The molecule has 0 aliphatic rings. The fourth-order valence-electron chi connectivity index (χ4n) is 1.65. The van der Waals surface area contributed by atoms with Gasteiger partial charge in [0, 0.05) is 24.4 Å². The summed E-state index contributed by atoms with van der Waals surface area (Å²) in [5, 5.41) is 3.06. The van der Waals surface area contributed by atoms with Gasteiger partial charge in [0.25, 0.3) is 0 Å². The van der Waals surface area contributed by atoms with Crippen LogP contribution < -0.4 is 10.1 Å². The SMILES string of the molecule is C/C=C/c1ccccc1Oc1ccnc(NCC)n1. The second-order valence-electron chi connectivity index (χ2n) is 3.89. The highest BCUT2D eigenvalue weighted by atomic mass is 16.5. The van der Waals surface area contributed by atoms with Crippen LogP contribution in [0.25, 0.3) is 6.08 Å². The molecule has 0 radical (unpaired) electrons. The molecule has 0 saturated heterocycles. The van der Waals surface area contributed by atoms with Crippen molar-refractivity contribution in [3.05, 3.63) is 48.2 Å². The van der Waals surface area contributed by atoms with Crippen LogP contribution in [0.4, 0.5) is 5.95 Å². The second kappa shape index (κ2) is 6.54. The van der Waals surface area contributed by atoms with Gasteiger partial charge in [0.15, 0.2) is 0 Å². The molecule has 0 bridgehead atoms. The number of hydrogen-bond donors (Lipinski definition) is 1. The van der Waals surface area contributed by atoms with Gasteiger partial charge in [0.1, 0.15) is 5.75 Å². The van der Waals surface area contributed by atoms with E-state index in [1.165, 1.54) is 0 Å². The van der Waals surface area contributed by atoms with Crippen LogP contribution >= 0.6 is 0 Å². The maximum Gasteiger partial charge on any atom is 0.225 e. The van der Waals surface area contributed by atoms with Gasteiger partial charge in [-0.05, 0) is 19.9 Å². The smallest absolute Gasteiger partial charge is 0.225 e. The summed E-state index contributed by atoms with van der Waals surface area (Å²) in [5.74, 6) is 1.88. The fraction of sp³-hybridized carbons (Fsp3) is 0.200. The minimum Gasteiger partial charge on any atom is -0.438 e. The molecule has 0 aliphatic heterocycles. The van der Waals surface area contributed by atoms with E-state index in [1.54, 1.807) is 12.3 Å². The molecule has 0 unspecified atom stereocenters. The Labute approximate surface area is 113 Å². The quantitative estimate of drug-likeness (QED) is 0.884. The van der Waals surface area contributed by atoms with E-state index < -0.39 is 0 Å². The lowest BCUT2D eigenvalue weighted by atomic mass is 10.2. The van der Waals surface area contributed by atoms with Crippen molar-refractivity contribution < 1.29 is 4.74 Å². The van der Waals surface area contributed by atoms with Gasteiger partial charge < -0.3 is 10.1 Å². The molecule has 0 atom stereocenters. The number of anilines is 1. The number of ether oxygens (including phenoxy) is 1. The van der Waals surface area contributed by atoms with Crippen LogP contribution in [0.1, 0.15) is 19.4 Å². The minimum absolute atomic E-state index is 0.530. The van der Waals surface area contributed by atoms with Gasteiger partial charge in [-0.3, -0.25) is 0 Å². The molecule has 4 heteroatoms. The first-order chi connectivity index (χ1) is 9.33. The van der Waals surface area contributed by atoms with Gasteiger partial charge in [0.2, 0.25) is 11.8 Å². The molecule has 2 aromatic rings. The molecular weight excluding hydrogens is 238 g/mol. The lowest BCUT2D eigenvalue weighted by Crippen LogP contribution is -2.02. The van der Waals surface area contributed by atoms with Crippen LogP contribution in [0.5, 0.6) is 11.6 Å². The second-order valence-corrected chi connectivity index (χ2v) is 3.89. The molecule has 1 aromatic carbocycles. The highest BCUT2D eigenvalue weighted by Gasteiger charge is 2.04. The number of aromatic nitrogens is 2. The van der Waals surface area contributed by atoms with Crippen molar-refractivity contribution in [3.63, 3.8) is 0 Å². The summed E-state index contributed by atoms with van der Waals surface area (Å²) in [6, 6.07) is 9.58. The normalized spacial score (nSPS) is 10.6. The summed E-state index contributed by atoms with van der Waals surface area (Å²) >= 11 is 0. The van der Waals surface area contributed by atoms with Crippen molar-refractivity contribution in [1.29, 1.82) is 0 Å². The molecular formula is C15H17N3O. The third-order valence-corrected chi connectivity index (χ3v) is 2.44. The number of nitrogens with zero attached hydrogens (tertiary/aromatic N) is 2. The third kappa shape index (κ3) is 3.55. The molecule has 0 spiro atoms. The Kier molecular flexibility index (Phi) is 4.50. The minimum atomic E-state index is 0.530. The Morgan fingerprint density at radius 2 is 2.11 bits per heavy atom. The molecule has 2 rings (SSSR count). The van der Waals surface area contributed by atoms with Crippen LogP contribution in [-0.4, -0.2) is 16.5 Å². The molecule has 0 fully saturated rings. The number of nitrogens with one attached hydrogen (secondary N) is 1. The average Bonchev–Trinajstić information content (AvgIpc) is 2.42. The van der Waals surface area contributed by atoms with Gasteiger partial charge in [0.05, 0.1) is 0 Å². The maximum absolute atomic E-state index is 5.81. The standard InChI is InChI=1S/C15H17N3O/c1-3-7-12-8-5-6-9-13(12)19-14-10-11-17-15(18-14)16-4-2/h3,5-11H,4H2,1-2H3,(H,16,17,18)/b7-3+. The van der Waals surface area contributed by atoms with Crippen molar-refractivity contribution >= 4 is 12.0 Å². The summed E-state index contributed by atoms with van der Waals surface area (Å²) in [6.45, 7) is 4.75. The van der Waals surface area contributed by atoms with Gasteiger partial charge in [-0.2, -0.15) is 4.98 Å². The molecule has 19 heavy (non-hydrogen) atoms. The lowest BCUT2D eigenvalue weighted by molar-refractivity contribution is 0.461. The summed E-state index contributed by atoms with van der Waals surface area (Å²) in [4.78, 5) is 8.40. The monoisotopic (exact) mass is 255 g/mol. The molecule has 1 aromatic heterocycles. The first-order valence-corrected chi connectivity index (χ1v) is 6.30. The van der Waals surface area contributed by atoms with Crippen molar-refractivity contribution in [2.45, 2.75) is 13.8 Å². The predicted molar refractivity (Wildman–Crippen MR) is 77.4 cm³/mol. The Morgan fingerprint density at radius 1 is 1.26 bits per heavy atom. The first-order valence-electron chi connectivity index (χ1n) is 6.30. The molecule has 1 heterocycles. The zero-order valence-corrected chi connectivity index (χ0v) is 11.1. The summed E-state index contributed by atoms with van der Waals surface area (Å²) < 4.78 is 5.81. The molecule has 0 saturated carbocycles. The fourth-order valence-corrected chi connectivity index (χ4v) is 1.65. The molecule has 1 N–H and O–H groups in total. The average molecular weight is 255 g/mol. The van der Waals surface area contributed by atoms with Gasteiger partial charge in [-0.25, -0.2) is 4.98 Å². The molecule has 4 nitrogen and oxygen atoms in total. The highest BCUT2D eigenvalue weighted by Crippen LogP contribution is 2.25. The van der Waals surface area contributed by atoms with E-state index in [9.17, 15) is 0 Å². The van der Waals surface area contributed by atoms with E-state index in [1.807, 2.05) is 50.3 Å². The van der Waals surface area contributed by atoms with E-state index in [0.717, 1.165) is 17.9 Å². The number of benzene rings is 1. The summed E-state index contributed by atoms with van der Waals surface area (Å²) in [7, 11) is 0. The Bertz CT molecular complexity index is 567. The maximum atomic E-state index is 5.81. The Balaban J connectivity index is 2.23. The van der Waals surface area contributed by atoms with Crippen LogP contribution in [0.2, 0.25) is 0 Å². The Hall–Kier alpha value is -2.36. The van der Waals surface area contributed by atoms with Crippen LogP contribution in [0.3, 0.4) is 0 Å². The zero-order valence-electron chi connectivity index (χ0n) is 11.1. The van der Waals surface area contributed by atoms with Crippen LogP contribution in [0, 0.1) is 0 Å². The largest absolute Gasteiger partial charge is 0.438 e. The first kappa shape index (κ1) is 13.1. The van der Waals surface area contributed by atoms with Crippen LogP contribution in [0.15, 0.2) is 42.6 Å². The van der Waals surface area contributed by atoms with Gasteiger partial charge >= 0.3 is 0 Å². The zero-order chi connectivity index (χ0) is 13.5. The van der Waals surface area contributed by atoms with Crippen molar-refractivity contribution in [2.75, 3.05) is 11.9 Å². The molecule has 0 amide bonds. The summed E-state index contributed by atoms with van der Waals surface area (Å²) in [5.41, 5.74) is 1.02. The van der Waals surface area contributed by atoms with E-state index in [2.05, 4.69) is 15.3 Å². The number of para-hydroxylation sites is 1. The Morgan fingerprint density at radius 3 is 2.89 bits per heavy atom. The number of allylic oxidation sites excluding steroid dienone is 1. The topological polar surface area (TPSA) is 47.0 Å². The third-order valence-electron chi connectivity index (χ3n) is 2.44. The van der Waals surface area contributed by atoms with Gasteiger partial charge in [-0.1, -0.05) is 30.4 Å².